The van der Waals surface area contributed by atoms with Crippen LogP contribution in [-0.2, 0) is 0 Å². The van der Waals surface area contributed by atoms with Gasteiger partial charge in [-0.1, -0.05) is 25.3 Å². The number of benzene rings is 1. The second-order valence-corrected chi connectivity index (χ2v) is 7.87. The number of carbonyl (C=O) groups is 1. The van der Waals surface area contributed by atoms with Crippen molar-refractivity contribution in [1.82, 2.24) is 9.78 Å². The molecule has 0 atom stereocenters. The van der Waals surface area contributed by atoms with Crippen LogP contribution < -0.4 is 10.1 Å². The van der Waals surface area contributed by atoms with Gasteiger partial charge in [0.2, 0.25) is 0 Å². The van der Waals surface area contributed by atoms with E-state index < -0.39 is 0 Å². The van der Waals surface area contributed by atoms with E-state index >= 15 is 0 Å². The number of thiophene rings is 1. The van der Waals surface area contributed by atoms with Gasteiger partial charge in [0.1, 0.15) is 10.6 Å². The zero-order valence-electron chi connectivity index (χ0n) is 15.1. The van der Waals surface area contributed by atoms with Crippen LogP contribution >= 0.6 is 11.3 Å². The number of nitrogens with zero attached hydrogens (tertiary/aromatic N) is 2. The smallest absolute Gasteiger partial charge is 0.265 e. The molecule has 4 rings (SSSR count). The SMILES string of the molecule is COc1cccc(NC(=O)c2cc3c(C)nn(C4CCCCC4)c3s2)c1. The van der Waals surface area contributed by atoms with Gasteiger partial charge in [0.05, 0.1) is 23.7 Å². The number of hydrogen-bond donors (Lipinski definition) is 1. The maximum atomic E-state index is 12.7. The third-order valence-corrected chi connectivity index (χ3v) is 6.16. The molecule has 0 unspecified atom stereocenters. The first-order valence-electron chi connectivity index (χ1n) is 9.10. The van der Waals surface area contributed by atoms with Crippen LogP contribution in [0, 0.1) is 6.92 Å². The van der Waals surface area contributed by atoms with Gasteiger partial charge in [-0.05, 0) is 38.0 Å². The molecular formula is C20H23N3O2S. The highest BCUT2D eigenvalue weighted by atomic mass is 32.1. The lowest BCUT2D eigenvalue weighted by molar-refractivity contribution is 0.103. The number of nitrogens with one attached hydrogen (secondary N) is 1. The predicted octanol–water partition coefficient (Wildman–Crippen LogP) is 5.17. The molecule has 5 nitrogen and oxygen atoms in total. The summed E-state index contributed by atoms with van der Waals surface area (Å²) in [5.41, 5.74) is 1.74. The highest BCUT2D eigenvalue weighted by Crippen LogP contribution is 2.35. The van der Waals surface area contributed by atoms with E-state index in [9.17, 15) is 4.79 Å². The Morgan fingerprint density at radius 3 is 2.85 bits per heavy atom. The molecule has 6 heteroatoms. The number of hydrogen-bond acceptors (Lipinski definition) is 4. The van der Waals surface area contributed by atoms with Gasteiger partial charge in [-0.2, -0.15) is 5.10 Å². The summed E-state index contributed by atoms with van der Waals surface area (Å²) in [4.78, 5) is 14.5. The Morgan fingerprint density at radius 1 is 1.27 bits per heavy atom. The van der Waals surface area contributed by atoms with Gasteiger partial charge in [-0.25, -0.2) is 0 Å². The van der Waals surface area contributed by atoms with Crippen LogP contribution in [0.2, 0.25) is 0 Å². The van der Waals surface area contributed by atoms with Crippen LogP contribution in [0.15, 0.2) is 30.3 Å². The Labute approximate surface area is 157 Å². The van der Waals surface area contributed by atoms with Crippen molar-refractivity contribution >= 4 is 33.1 Å². The topological polar surface area (TPSA) is 56.1 Å². The van der Waals surface area contributed by atoms with Crippen LogP contribution in [0.3, 0.4) is 0 Å². The van der Waals surface area contributed by atoms with Crippen molar-refractivity contribution in [3.63, 3.8) is 0 Å². The molecule has 2 aromatic heterocycles. The monoisotopic (exact) mass is 369 g/mol. The van der Waals surface area contributed by atoms with Gasteiger partial charge >= 0.3 is 0 Å². The Morgan fingerprint density at radius 2 is 2.08 bits per heavy atom. The predicted molar refractivity (Wildman–Crippen MR) is 105 cm³/mol. The fraction of sp³-hybridized carbons (Fsp3) is 0.400. The molecule has 3 aromatic rings. The number of aromatic nitrogens is 2. The molecule has 1 aromatic carbocycles. The molecule has 1 aliphatic carbocycles. The third kappa shape index (κ3) is 3.21. The van der Waals surface area contributed by atoms with Gasteiger partial charge < -0.3 is 10.1 Å². The summed E-state index contributed by atoms with van der Waals surface area (Å²) >= 11 is 1.53. The first-order chi connectivity index (χ1) is 12.7. The van der Waals surface area contributed by atoms with E-state index in [0.29, 0.717) is 10.9 Å². The van der Waals surface area contributed by atoms with Crippen LogP contribution in [0.25, 0.3) is 10.2 Å². The molecule has 0 saturated heterocycles. The quantitative estimate of drug-likeness (QED) is 0.690. The summed E-state index contributed by atoms with van der Waals surface area (Å²) in [7, 11) is 1.62. The minimum atomic E-state index is -0.0888. The molecule has 0 bridgehead atoms. The molecular weight excluding hydrogens is 346 g/mol. The number of anilines is 1. The maximum Gasteiger partial charge on any atom is 0.265 e. The molecule has 1 aliphatic rings. The molecule has 26 heavy (non-hydrogen) atoms. The average molecular weight is 369 g/mol. The minimum absolute atomic E-state index is 0.0888. The largest absolute Gasteiger partial charge is 0.497 e. The second-order valence-electron chi connectivity index (χ2n) is 6.84. The van der Waals surface area contributed by atoms with Gasteiger partial charge in [0, 0.05) is 17.1 Å². The van der Waals surface area contributed by atoms with Crippen LogP contribution in [0.5, 0.6) is 5.75 Å². The zero-order valence-corrected chi connectivity index (χ0v) is 15.9. The average Bonchev–Trinajstić information content (AvgIpc) is 3.23. The van der Waals surface area contributed by atoms with Crippen molar-refractivity contribution in [1.29, 1.82) is 0 Å². The summed E-state index contributed by atoms with van der Waals surface area (Å²) in [6, 6.07) is 9.84. The maximum absolute atomic E-state index is 12.7. The number of carbonyl (C=O) groups excluding carboxylic acids is 1. The Kier molecular flexibility index (Phi) is 4.68. The van der Waals surface area contributed by atoms with Crippen molar-refractivity contribution < 1.29 is 9.53 Å². The van der Waals surface area contributed by atoms with Crippen LogP contribution in [-0.4, -0.2) is 22.8 Å². The summed E-state index contributed by atoms with van der Waals surface area (Å²) in [5.74, 6) is 0.636. The van der Waals surface area contributed by atoms with Crippen molar-refractivity contribution in [3.05, 3.63) is 40.9 Å². The van der Waals surface area contributed by atoms with Crippen molar-refractivity contribution in [2.24, 2.45) is 0 Å². The molecule has 1 saturated carbocycles. The number of rotatable bonds is 4. The summed E-state index contributed by atoms with van der Waals surface area (Å²) in [6.07, 6.45) is 6.21. The first-order valence-corrected chi connectivity index (χ1v) is 9.91. The van der Waals surface area contributed by atoms with Crippen LogP contribution in [0.1, 0.15) is 53.5 Å². The Bertz CT molecular complexity index is 938. The molecule has 0 radical (unpaired) electrons. The minimum Gasteiger partial charge on any atom is -0.497 e. The first kappa shape index (κ1) is 17.1. The van der Waals surface area contributed by atoms with Gasteiger partial charge in [-0.3, -0.25) is 9.48 Å². The lowest BCUT2D eigenvalue weighted by atomic mass is 9.96. The zero-order chi connectivity index (χ0) is 18.1. The Balaban J connectivity index is 1.61. The molecule has 136 valence electrons. The van der Waals surface area contributed by atoms with Crippen molar-refractivity contribution in [2.75, 3.05) is 12.4 Å². The number of amides is 1. The standard InChI is InChI=1S/C20H23N3O2S/c1-13-17-12-18(19(24)21-14-7-6-10-16(11-14)25-2)26-20(17)23(22-13)15-8-4-3-5-9-15/h6-7,10-12,15H,3-5,8-9H2,1-2H3,(H,21,24). The summed E-state index contributed by atoms with van der Waals surface area (Å²) in [5, 5.41) is 8.82. The van der Waals surface area contributed by atoms with Crippen LogP contribution in [0.4, 0.5) is 5.69 Å². The highest BCUT2D eigenvalue weighted by molar-refractivity contribution is 7.20. The fourth-order valence-corrected chi connectivity index (χ4v) is 4.78. The molecule has 1 fully saturated rings. The van der Waals surface area contributed by atoms with E-state index in [1.54, 1.807) is 7.11 Å². The number of fused-ring (bicyclic) bond motifs is 1. The lowest BCUT2D eigenvalue weighted by Gasteiger charge is -2.22. The Hall–Kier alpha value is -2.34. The molecule has 2 heterocycles. The van der Waals surface area contributed by atoms with Crippen molar-refractivity contribution in [3.8, 4) is 5.75 Å². The molecule has 0 aliphatic heterocycles. The molecule has 1 N–H and O–H groups in total. The molecule has 0 spiro atoms. The van der Waals surface area contributed by atoms with E-state index in [4.69, 9.17) is 9.84 Å². The summed E-state index contributed by atoms with van der Waals surface area (Å²) < 4.78 is 7.38. The van der Waals surface area contributed by atoms with E-state index in [2.05, 4.69) is 10.00 Å². The van der Waals surface area contributed by atoms with E-state index in [-0.39, 0.29) is 5.91 Å². The van der Waals surface area contributed by atoms with Crippen molar-refractivity contribution in [2.45, 2.75) is 45.1 Å². The summed E-state index contributed by atoms with van der Waals surface area (Å²) in [6.45, 7) is 2.03. The second kappa shape index (κ2) is 7.11. The number of ether oxygens (including phenoxy) is 1. The normalized spacial score (nSPS) is 15.3. The van der Waals surface area contributed by atoms with E-state index in [0.717, 1.165) is 27.3 Å². The van der Waals surface area contributed by atoms with Gasteiger partial charge in [0.15, 0.2) is 0 Å². The fourth-order valence-electron chi connectivity index (χ4n) is 3.65. The molecule has 1 amide bonds. The third-order valence-electron chi connectivity index (χ3n) is 5.04. The lowest BCUT2D eigenvalue weighted by Crippen LogP contribution is -2.14. The van der Waals surface area contributed by atoms with Gasteiger partial charge in [0.25, 0.3) is 5.91 Å². The number of aryl methyl sites for hydroxylation is 1. The van der Waals surface area contributed by atoms with E-state index in [1.165, 1.54) is 43.4 Å². The van der Waals surface area contributed by atoms with E-state index in [1.807, 2.05) is 37.3 Å². The number of methoxy groups -OCH3 is 1. The highest BCUT2D eigenvalue weighted by Gasteiger charge is 2.22. The van der Waals surface area contributed by atoms with Gasteiger partial charge in [-0.15, -0.1) is 11.3 Å².